The summed E-state index contributed by atoms with van der Waals surface area (Å²) in [6.45, 7) is 0. The van der Waals surface area contributed by atoms with Crippen LogP contribution in [0.15, 0.2) is 44.8 Å². The average Bonchev–Trinajstić information content (AvgIpc) is 2.60. The largest absolute Gasteiger partial charge is 0.330 e. The van der Waals surface area contributed by atoms with Crippen molar-refractivity contribution in [2.75, 3.05) is 11.1 Å². The second kappa shape index (κ2) is 8.55. The van der Waals surface area contributed by atoms with Gasteiger partial charge in [-0.05, 0) is 24.3 Å². The predicted molar refractivity (Wildman–Crippen MR) is 104 cm³/mol. The number of carbonyl (C=O) groups excluding carboxylic acids is 1. The van der Waals surface area contributed by atoms with Crippen LogP contribution in [0.4, 0.5) is 5.69 Å². The summed E-state index contributed by atoms with van der Waals surface area (Å²) in [5, 5.41) is 7.67. The molecular weight excluding hydrogens is 392 g/mol. The van der Waals surface area contributed by atoms with E-state index in [0.29, 0.717) is 22.9 Å². The fraction of sp³-hybridized carbons (Fsp3) is 0.312. The molecule has 0 aliphatic carbocycles. The second-order valence-corrected chi connectivity index (χ2v) is 8.46. The maximum Gasteiger partial charge on any atom is 0.330 e. The van der Waals surface area contributed by atoms with E-state index in [0.717, 1.165) is 4.57 Å². The standard InChI is InChI=1S/C16H20N4O5S2/c1-19-12(9-15(22)20(2)16(19)23)10-26-8-7-14(21)18-11-3-5-13(6-4-11)27(17,24)25/h3-6,9H,7-8,10H2,1-2H3,(H,18,21)(H2,17,24,25). The number of nitrogens with two attached hydrogens (primary N) is 1. The molecule has 1 aromatic carbocycles. The van der Waals surface area contributed by atoms with Gasteiger partial charge in [-0.25, -0.2) is 18.4 Å². The van der Waals surface area contributed by atoms with Crippen molar-refractivity contribution in [3.63, 3.8) is 0 Å². The SMILES string of the molecule is Cn1c(CSCCC(=O)Nc2ccc(S(N)(=O)=O)cc2)cc(=O)n(C)c1=O. The maximum atomic E-state index is 11.9. The van der Waals surface area contributed by atoms with Crippen LogP contribution in [0.1, 0.15) is 12.1 Å². The van der Waals surface area contributed by atoms with Gasteiger partial charge >= 0.3 is 5.69 Å². The highest BCUT2D eigenvalue weighted by Gasteiger charge is 2.09. The van der Waals surface area contributed by atoms with Crippen LogP contribution in [-0.2, 0) is 34.7 Å². The fourth-order valence-electron chi connectivity index (χ4n) is 2.21. The van der Waals surface area contributed by atoms with Crippen LogP contribution >= 0.6 is 11.8 Å². The first-order valence-electron chi connectivity index (χ1n) is 7.86. The third kappa shape index (κ3) is 5.55. The van der Waals surface area contributed by atoms with Crippen LogP contribution in [0.3, 0.4) is 0 Å². The Hall–Kier alpha value is -2.37. The van der Waals surface area contributed by atoms with Crippen molar-refractivity contribution in [3.05, 3.63) is 56.9 Å². The van der Waals surface area contributed by atoms with Crippen LogP contribution in [0.2, 0.25) is 0 Å². The van der Waals surface area contributed by atoms with Gasteiger partial charge in [0.05, 0.1) is 4.90 Å². The van der Waals surface area contributed by atoms with Gasteiger partial charge in [-0.3, -0.25) is 18.7 Å². The topological polar surface area (TPSA) is 133 Å². The van der Waals surface area contributed by atoms with Gasteiger partial charge in [0.2, 0.25) is 15.9 Å². The highest BCUT2D eigenvalue weighted by molar-refractivity contribution is 7.98. The fourth-order valence-corrected chi connectivity index (χ4v) is 3.69. The van der Waals surface area contributed by atoms with Gasteiger partial charge in [0.25, 0.3) is 5.56 Å². The zero-order chi connectivity index (χ0) is 20.2. The smallest absolute Gasteiger partial charge is 0.326 e. The number of nitrogens with zero attached hydrogens (tertiary/aromatic N) is 2. The number of thioether (sulfide) groups is 1. The molecule has 9 nitrogen and oxygen atoms in total. The van der Waals surface area contributed by atoms with E-state index in [-0.39, 0.29) is 22.8 Å². The Morgan fingerprint density at radius 1 is 1.15 bits per heavy atom. The molecule has 11 heteroatoms. The monoisotopic (exact) mass is 412 g/mol. The van der Waals surface area contributed by atoms with Gasteiger partial charge < -0.3 is 5.32 Å². The molecule has 0 aliphatic rings. The third-order valence-corrected chi connectivity index (χ3v) is 5.74. The molecule has 0 radical (unpaired) electrons. The zero-order valence-corrected chi connectivity index (χ0v) is 16.5. The summed E-state index contributed by atoms with van der Waals surface area (Å²) in [7, 11) is -0.758. The summed E-state index contributed by atoms with van der Waals surface area (Å²) in [4.78, 5) is 35.4. The molecule has 146 valence electrons. The van der Waals surface area contributed by atoms with Gasteiger partial charge in [-0.2, -0.15) is 11.8 Å². The molecule has 2 aromatic rings. The second-order valence-electron chi connectivity index (χ2n) is 5.79. The highest BCUT2D eigenvalue weighted by atomic mass is 32.2. The van der Waals surface area contributed by atoms with Crippen molar-refractivity contribution < 1.29 is 13.2 Å². The summed E-state index contributed by atoms with van der Waals surface area (Å²) in [5.41, 5.74) is 0.298. The van der Waals surface area contributed by atoms with Gasteiger partial charge in [-0.1, -0.05) is 0 Å². The summed E-state index contributed by atoms with van der Waals surface area (Å²) in [5.74, 6) is 0.687. The molecule has 1 aromatic heterocycles. The van der Waals surface area contributed by atoms with Crippen molar-refractivity contribution >= 4 is 33.4 Å². The Morgan fingerprint density at radius 2 is 1.78 bits per heavy atom. The number of primary sulfonamides is 1. The molecule has 0 unspecified atom stereocenters. The molecule has 2 rings (SSSR count). The van der Waals surface area contributed by atoms with Crippen molar-refractivity contribution in [2.24, 2.45) is 19.2 Å². The Labute approximate surface area is 160 Å². The predicted octanol–water partition coefficient (Wildman–Crippen LogP) is -0.00660. The molecule has 1 heterocycles. The van der Waals surface area contributed by atoms with E-state index in [2.05, 4.69) is 5.32 Å². The number of nitrogens with one attached hydrogen (secondary N) is 1. The normalized spacial score (nSPS) is 11.4. The molecule has 1 amide bonds. The van der Waals surface area contributed by atoms with E-state index < -0.39 is 15.7 Å². The van der Waals surface area contributed by atoms with E-state index >= 15 is 0 Å². The Balaban J connectivity index is 1.85. The van der Waals surface area contributed by atoms with E-state index in [4.69, 9.17) is 5.14 Å². The molecular formula is C16H20N4O5S2. The number of amides is 1. The van der Waals surface area contributed by atoms with E-state index in [1.54, 1.807) is 7.05 Å². The highest BCUT2D eigenvalue weighted by Crippen LogP contribution is 2.14. The average molecular weight is 412 g/mol. The summed E-state index contributed by atoms with van der Waals surface area (Å²) < 4.78 is 24.8. The number of sulfonamides is 1. The third-order valence-electron chi connectivity index (χ3n) is 3.82. The zero-order valence-electron chi connectivity index (χ0n) is 14.8. The van der Waals surface area contributed by atoms with Crippen LogP contribution < -0.4 is 21.7 Å². The lowest BCUT2D eigenvalue weighted by Crippen LogP contribution is -2.37. The Bertz CT molecular complexity index is 1060. The van der Waals surface area contributed by atoms with Gasteiger partial charge in [0.1, 0.15) is 0 Å². The number of anilines is 1. The van der Waals surface area contributed by atoms with Gasteiger partial charge in [-0.15, -0.1) is 0 Å². The lowest BCUT2D eigenvalue weighted by Gasteiger charge is -2.09. The van der Waals surface area contributed by atoms with Crippen LogP contribution in [0.5, 0.6) is 0 Å². The van der Waals surface area contributed by atoms with E-state index in [9.17, 15) is 22.8 Å². The molecule has 0 spiro atoms. The van der Waals surface area contributed by atoms with Crippen LogP contribution in [0.25, 0.3) is 0 Å². The van der Waals surface area contributed by atoms with E-state index in [1.165, 1.54) is 53.7 Å². The molecule has 0 saturated heterocycles. The lowest BCUT2D eigenvalue weighted by molar-refractivity contribution is -0.115. The van der Waals surface area contributed by atoms with Crippen molar-refractivity contribution in [1.29, 1.82) is 0 Å². The van der Waals surface area contributed by atoms with Crippen LogP contribution in [-0.4, -0.2) is 29.2 Å². The summed E-state index contributed by atoms with van der Waals surface area (Å²) in [6.07, 6.45) is 0.223. The summed E-state index contributed by atoms with van der Waals surface area (Å²) >= 11 is 1.42. The first-order valence-corrected chi connectivity index (χ1v) is 10.6. The van der Waals surface area contributed by atoms with Crippen molar-refractivity contribution in [1.82, 2.24) is 9.13 Å². The Morgan fingerprint density at radius 3 is 2.37 bits per heavy atom. The minimum atomic E-state index is -3.77. The lowest BCUT2D eigenvalue weighted by atomic mass is 10.3. The van der Waals surface area contributed by atoms with Gasteiger partial charge in [0, 0.05) is 49.5 Å². The minimum absolute atomic E-state index is 0.0318. The molecule has 27 heavy (non-hydrogen) atoms. The Kier molecular flexibility index (Phi) is 6.63. The molecule has 3 N–H and O–H groups in total. The minimum Gasteiger partial charge on any atom is -0.326 e. The molecule has 0 bridgehead atoms. The number of hydrogen-bond acceptors (Lipinski definition) is 6. The number of benzene rings is 1. The molecule has 0 atom stereocenters. The van der Waals surface area contributed by atoms with E-state index in [1.807, 2.05) is 0 Å². The quantitative estimate of drug-likeness (QED) is 0.615. The number of aromatic nitrogens is 2. The summed E-state index contributed by atoms with van der Waals surface area (Å²) in [6, 6.07) is 6.95. The molecule has 0 aliphatic heterocycles. The number of hydrogen-bond donors (Lipinski definition) is 2. The molecule has 0 saturated carbocycles. The van der Waals surface area contributed by atoms with Crippen LogP contribution in [0, 0.1) is 0 Å². The first kappa shape index (κ1) is 20.9. The first-order chi connectivity index (χ1) is 12.6. The number of carbonyl (C=O) groups is 1. The number of rotatable bonds is 7. The maximum absolute atomic E-state index is 11.9. The van der Waals surface area contributed by atoms with Crippen molar-refractivity contribution in [2.45, 2.75) is 17.1 Å². The van der Waals surface area contributed by atoms with Crippen molar-refractivity contribution in [3.8, 4) is 0 Å². The van der Waals surface area contributed by atoms with Gasteiger partial charge in [0.15, 0.2) is 0 Å². The molecule has 0 fully saturated rings.